The Labute approximate surface area is 166 Å². The molecule has 1 aliphatic heterocycles. The molecule has 1 amide bonds. The van der Waals surface area contributed by atoms with E-state index < -0.39 is 0 Å². The van der Waals surface area contributed by atoms with E-state index in [1.54, 1.807) is 12.4 Å². The lowest BCUT2D eigenvalue weighted by atomic mass is 9.92. The van der Waals surface area contributed by atoms with E-state index in [1.807, 2.05) is 23.1 Å². The molecule has 4 heteroatoms. The molecule has 0 bridgehead atoms. The first kappa shape index (κ1) is 18.4. The molecule has 28 heavy (non-hydrogen) atoms. The van der Waals surface area contributed by atoms with E-state index in [-0.39, 0.29) is 11.8 Å². The Balaban J connectivity index is 1.52. The lowest BCUT2D eigenvalue weighted by molar-refractivity contribution is 0.0705. The summed E-state index contributed by atoms with van der Waals surface area (Å²) in [5.41, 5.74) is 5.39. The number of carbonyl (C=O) groups excluding carboxylic acids is 1. The number of hydrogen-bond donors (Lipinski definition) is 0. The number of nitrogens with zero attached hydrogens (tertiary/aromatic N) is 3. The molecule has 0 unspecified atom stereocenters. The molecular formula is C24H25N3O. The Kier molecular flexibility index (Phi) is 5.47. The summed E-state index contributed by atoms with van der Waals surface area (Å²) in [5.74, 6) is 0.346. The van der Waals surface area contributed by atoms with Gasteiger partial charge in [-0.3, -0.25) is 14.8 Å². The van der Waals surface area contributed by atoms with Crippen molar-refractivity contribution < 1.29 is 4.79 Å². The molecule has 0 N–H and O–H groups in total. The van der Waals surface area contributed by atoms with E-state index in [1.165, 1.54) is 11.1 Å². The van der Waals surface area contributed by atoms with Crippen LogP contribution in [-0.2, 0) is 6.42 Å². The fourth-order valence-corrected chi connectivity index (χ4v) is 3.99. The molecule has 3 heterocycles. The highest BCUT2D eigenvalue weighted by atomic mass is 16.2. The van der Waals surface area contributed by atoms with Gasteiger partial charge in [-0.15, -0.1) is 0 Å². The SMILES string of the molecule is Cc1cc(Cc2ccccc2)cc([C@@H]2CCCN(C(=O)c3cccnc3)C2)n1. The van der Waals surface area contributed by atoms with Crippen LogP contribution in [0.3, 0.4) is 0 Å². The number of pyridine rings is 2. The number of amides is 1. The minimum Gasteiger partial charge on any atom is -0.338 e. The molecule has 0 radical (unpaired) electrons. The summed E-state index contributed by atoms with van der Waals surface area (Å²) in [5, 5.41) is 0. The van der Waals surface area contributed by atoms with Gasteiger partial charge < -0.3 is 4.90 Å². The molecule has 1 aromatic carbocycles. The number of benzene rings is 1. The predicted octanol–water partition coefficient (Wildman–Crippen LogP) is 4.40. The van der Waals surface area contributed by atoms with Crippen LogP contribution in [0.2, 0.25) is 0 Å². The standard InChI is InChI=1S/C24H25N3O/c1-18-13-20(14-19-7-3-2-4-8-19)15-23(26-18)22-10-6-12-27(17-22)24(28)21-9-5-11-25-16-21/h2-5,7-9,11,13,15-16,22H,6,10,12,14,17H2,1H3/t22-/m1/s1. The summed E-state index contributed by atoms with van der Waals surface area (Å²) in [6.45, 7) is 3.57. The van der Waals surface area contributed by atoms with Gasteiger partial charge >= 0.3 is 0 Å². The fourth-order valence-electron chi connectivity index (χ4n) is 3.99. The van der Waals surface area contributed by atoms with Crippen molar-refractivity contribution in [3.05, 3.63) is 95.1 Å². The number of hydrogen-bond acceptors (Lipinski definition) is 3. The van der Waals surface area contributed by atoms with E-state index in [2.05, 4.69) is 48.3 Å². The lowest BCUT2D eigenvalue weighted by Crippen LogP contribution is -2.39. The Hall–Kier alpha value is -3.01. The third-order valence-corrected chi connectivity index (χ3v) is 5.32. The molecule has 1 fully saturated rings. The first-order chi connectivity index (χ1) is 13.7. The van der Waals surface area contributed by atoms with Gasteiger partial charge in [0.2, 0.25) is 0 Å². The summed E-state index contributed by atoms with van der Waals surface area (Å²) in [7, 11) is 0. The largest absolute Gasteiger partial charge is 0.338 e. The topological polar surface area (TPSA) is 46.1 Å². The minimum absolute atomic E-state index is 0.0648. The van der Waals surface area contributed by atoms with E-state index in [9.17, 15) is 4.79 Å². The van der Waals surface area contributed by atoms with Gasteiger partial charge in [-0.1, -0.05) is 30.3 Å². The Morgan fingerprint density at radius 3 is 2.75 bits per heavy atom. The van der Waals surface area contributed by atoms with Crippen LogP contribution in [0.25, 0.3) is 0 Å². The number of rotatable bonds is 4. The Morgan fingerprint density at radius 2 is 1.96 bits per heavy atom. The molecular weight excluding hydrogens is 346 g/mol. The van der Waals surface area contributed by atoms with Gasteiger partial charge in [-0.05, 0) is 61.6 Å². The highest BCUT2D eigenvalue weighted by molar-refractivity contribution is 5.94. The summed E-state index contributed by atoms with van der Waals surface area (Å²) < 4.78 is 0. The maximum Gasteiger partial charge on any atom is 0.255 e. The van der Waals surface area contributed by atoms with Gasteiger partial charge in [0.05, 0.1) is 5.56 Å². The van der Waals surface area contributed by atoms with Crippen LogP contribution in [0.4, 0.5) is 0 Å². The fraction of sp³-hybridized carbons (Fsp3) is 0.292. The number of aryl methyl sites for hydroxylation is 1. The normalized spacial score (nSPS) is 16.8. The molecule has 1 saturated heterocycles. The second kappa shape index (κ2) is 8.34. The number of piperidine rings is 1. The first-order valence-electron chi connectivity index (χ1n) is 9.90. The number of carbonyl (C=O) groups is 1. The smallest absolute Gasteiger partial charge is 0.255 e. The third-order valence-electron chi connectivity index (χ3n) is 5.32. The maximum atomic E-state index is 12.8. The molecule has 1 aliphatic rings. The van der Waals surface area contributed by atoms with Crippen molar-refractivity contribution in [2.75, 3.05) is 13.1 Å². The molecule has 2 aromatic heterocycles. The average molecular weight is 371 g/mol. The van der Waals surface area contributed by atoms with Crippen molar-refractivity contribution in [2.45, 2.75) is 32.1 Å². The highest BCUT2D eigenvalue weighted by Crippen LogP contribution is 2.28. The van der Waals surface area contributed by atoms with Crippen molar-refractivity contribution in [1.29, 1.82) is 0 Å². The molecule has 142 valence electrons. The quantitative estimate of drug-likeness (QED) is 0.683. The van der Waals surface area contributed by atoms with E-state index in [0.29, 0.717) is 5.56 Å². The van der Waals surface area contributed by atoms with Crippen molar-refractivity contribution in [3.63, 3.8) is 0 Å². The van der Waals surface area contributed by atoms with Crippen LogP contribution in [0.15, 0.2) is 67.0 Å². The molecule has 0 spiro atoms. The molecule has 4 rings (SSSR count). The highest BCUT2D eigenvalue weighted by Gasteiger charge is 2.26. The van der Waals surface area contributed by atoms with Crippen molar-refractivity contribution >= 4 is 5.91 Å². The van der Waals surface area contributed by atoms with Crippen LogP contribution in [0, 0.1) is 6.92 Å². The van der Waals surface area contributed by atoms with E-state index in [0.717, 1.165) is 43.7 Å². The average Bonchev–Trinajstić information content (AvgIpc) is 2.74. The second-order valence-electron chi connectivity index (χ2n) is 7.54. The summed E-state index contributed by atoms with van der Waals surface area (Å²) in [6.07, 6.45) is 6.32. The summed E-state index contributed by atoms with van der Waals surface area (Å²) in [6, 6.07) is 18.5. The lowest BCUT2D eigenvalue weighted by Gasteiger charge is -2.32. The number of aromatic nitrogens is 2. The Morgan fingerprint density at radius 1 is 1.11 bits per heavy atom. The van der Waals surface area contributed by atoms with Gasteiger partial charge in [0.15, 0.2) is 0 Å². The molecule has 0 saturated carbocycles. The van der Waals surface area contributed by atoms with Crippen LogP contribution in [0.5, 0.6) is 0 Å². The van der Waals surface area contributed by atoms with E-state index >= 15 is 0 Å². The maximum absolute atomic E-state index is 12.8. The monoisotopic (exact) mass is 371 g/mol. The van der Waals surface area contributed by atoms with Crippen molar-refractivity contribution in [1.82, 2.24) is 14.9 Å². The Bertz CT molecular complexity index is 941. The van der Waals surface area contributed by atoms with Crippen LogP contribution >= 0.6 is 0 Å². The van der Waals surface area contributed by atoms with Crippen LogP contribution in [0.1, 0.15) is 51.6 Å². The van der Waals surface area contributed by atoms with Crippen molar-refractivity contribution in [3.8, 4) is 0 Å². The zero-order valence-electron chi connectivity index (χ0n) is 16.2. The van der Waals surface area contributed by atoms with Gasteiger partial charge in [-0.25, -0.2) is 0 Å². The number of likely N-dealkylation sites (tertiary alicyclic amines) is 1. The van der Waals surface area contributed by atoms with E-state index in [4.69, 9.17) is 4.98 Å². The first-order valence-corrected chi connectivity index (χ1v) is 9.90. The molecule has 1 atom stereocenters. The second-order valence-corrected chi connectivity index (χ2v) is 7.54. The van der Waals surface area contributed by atoms with Gasteiger partial charge in [0.1, 0.15) is 0 Å². The van der Waals surface area contributed by atoms with Crippen LogP contribution in [-0.4, -0.2) is 33.9 Å². The van der Waals surface area contributed by atoms with Crippen LogP contribution < -0.4 is 0 Å². The van der Waals surface area contributed by atoms with Gasteiger partial charge in [0, 0.05) is 42.8 Å². The molecule has 4 nitrogen and oxygen atoms in total. The minimum atomic E-state index is 0.0648. The zero-order valence-corrected chi connectivity index (χ0v) is 16.2. The van der Waals surface area contributed by atoms with Crippen molar-refractivity contribution in [2.24, 2.45) is 0 Å². The van der Waals surface area contributed by atoms with Gasteiger partial charge in [0.25, 0.3) is 5.91 Å². The molecule has 3 aromatic rings. The third kappa shape index (κ3) is 4.28. The molecule has 0 aliphatic carbocycles. The summed E-state index contributed by atoms with van der Waals surface area (Å²) in [4.78, 5) is 23.7. The van der Waals surface area contributed by atoms with Gasteiger partial charge in [-0.2, -0.15) is 0 Å². The zero-order chi connectivity index (χ0) is 19.3. The predicted molar refractivity (Wildman–Crippen MR) is 110 cm³/mol. The summed E-state index contributed by atoms with van der Waals surface area (Å²) >= 11 is 0.